The molecule has 2 rings (SSSR count). The molecule has 0 spiro atoms. The molecule has 5 nitrogen and oxygen atoms in total. The van der Waals surface area contributed by atoms with Crippen LogP contribution in [-0.4, -0.2) is 30.6 Å². The van der Waals surface area contributed by atoms with Crippen molar-refractivity contribution in [2.45, 2.75) is 25.3 Å². The Morgan fingerprint density at radius 3 is 2.33 bits per heavy atom. The van der Waals surface area contributed by atoms with Crippen molar-refractivity contribution in [1.29, 1.82) is 0 Å². The van der Waals surface area contributed by atoms with Gasteiger partial charge in [0, 0.05) is 0 Å². The third-order valence-electron chi connectivity index (χ3n) is 3.23. The molecule has 0 saturated carbocycles. The van der Waals surface area contributed by atoms with Gasteiger partial charge in [-0.25, -0.2) is 4.79 Å². The molecular formula is C9H16ClN3O2. The minimum absolute atomic E-state index is 0. The van der Waals surface area contributed by atoms with Crippen LogP contribution in [0.4, 0.5) is 4.79 Å². The number of nitrogens with one attached hydrogen (secondary N) is 3. The quantitative estimate of drug-likeness (QED) is 0.559. The molecule has 3 amide bonds. The lowest BCUT2D eigenvalue weighted by molar-refractivity contribution is -0.125. The molecule has 3 N–H and O–H groups in total. The first-order valence-electron chi connectivity index (χ1n) is 4.97. The number of rotatable bonds is 1. The zero-order valence-electron chi connectivity index (χ0n) is 8.63. The fraction of sp³-hybridized carbons (Fsp3) is 0.778. The van der Waals surface area contributed by atoms with Crippen molar-refractivity contribution >= 4 is 24.3 Å². The SMILES string of the molecule is CC1(C2CCNCC2)NC(=O)NC1=O.Cl. The number of piperidine rings is 1. The molecule has 0 bridgehead atoms. The number of carbonyl (C=O) groups is 2. The van der Waals surface area contributed by atoms with Crippen LogP contribution in [0, 0.1) is 5.92 Å². The van der Waals surface area contributed by atoms with Gasteiger partial charge in [0.05, 0.1) is 0 Å². The molecule has 0 aromatic rings. The molecule has 0 aromatic carbocycles. The number of hydrogen-bond acceptors (Lipinski definition) is 3. The Kier molecular flexibility index (Phi) is 3.57. The number of urea groups is 1. The number of hydrogen-bond donors (Lipinski definition) is 3. The van der Waals surface area contributed by atoms with Crippen LogP contribution in [0.5, 0.6) is 0 Å². The Morgan fingerprint density at radius 1 is 1.27 bits per heavy atom. The van der Waals surface area contributed by atoms with Crippen LogP contribution in [0.3, 0.4) is 0 Å². The lowest BCUT2D eigenvalue weighted by Crippen LogP contribution is -2.53. The van der Waals surface area contributed by atoms with Crippen LogP contribution >= 0.6 is 12.4 Å². The van der Waals surface area contributed by atoms with E-state index in [2.05, 4.69) is 16.0 Å². The van der Waals surface area contributed by atoms with E-state index >= 15 is 0 Å². The van der Waals surface area contributed by atoms with E-state index in [1.807, 2.05) is 6.92 Å². The molecule has 2 aliphatic rings. The summed E-state index contributed by atoms with van der Waals surface area (Å²) in [6.07, 6.45) is 1.87. The highest BCUT2D eigenvalue weighted by Crippen LogP contribution is 2.28. The van der Waals surface area contributed by atoms with Gasteiger partial charge in [-0.1, -0.05) is 0 Å². The zero-order chi connectivity index (χ0) is 10.2. The number of amides is 3. The topological polar surface area (TPSA) is 70.2 Å². The van der Waals surface area contributed by atoms with Gasteiger partial charge in [-0.3, -0.25) is 10.1 Å². The van der Waals surface area contributed by atoms with Crippen LogP contribution in [0.25, 0.3) is 0 Å². The van der Waals surface area contributed by atoms with Crippen molar-refractivity contribution < 1.29 is 9.59 Å². The second-order valence-electron chi connectivity index (χ2n) is 4.13. The minimum Gasteiger partial charge on any atom is -0.323 e. The van der Waals surface area contributed by atoms with Crippen LogP contribution in [0.2, 0.25) is 0 Å². The highest BCUT2D eigenvalue weighted by Gasteiger charge is 2.47. The smallest absolute Gasteiger partial charge is 0.322 e. The third-order valence-corrected chi connectivity index (χ3v) is 3.23. The predicted molar refractivity (Wildman–Crippen MR) is 57.9 cm³/mol. The zero-order valence-corrected chi connectivity index (χ0v) is 9.45. The molecule has 2 saturated heterocycles. The Balaban J connectivity index is 0.00000112. The van der Waals surface area contributed by atoms with Crippen LogP contribution in [-0.2, 0) is 4.79 Å². The van der Waals surface area contributed by atoms with E-state index in [-0.39, 0.29) is 30.3 Å². The largest absolute Gasteiger partial charge is 0.323 e. The number of imide groups is 1. The molecule has 0 radical (unpaired) electrons. The Hall–Kier alpha value is -0.810. The van der Waals surface area contributed by atoms with Crippen molar-refractivity contribution in [2.24, 2.45) is 5.92 Å². The van der Waals surface area contributed by atoms with Crippen LogP contribution < -0.4 is 16.0 Å². The molecule has 2 fully saturated rings. The van der Waals surface area contributed by atoms with Crippen molar-refractivity contribution in [3.8, 4) is 0 Å². The third kappa shape index (κ3) is 2.08. The van der Waals surface area contributed by atoms with Gasteiger partial charge in [-0.15, -0.1) is 12.4 Å². The fourth-order valence-electron chi connectivity index (χ4n) is 2.24. The van der Waals surface area contributed by atoms with Gasteiger partial charge in [-0.2, -0.15) is 0 Å². The first-order chi connectivity index (χ1) is 6.63. The van der Waals surface area contributed by atoms with Gasteiger partial charge in [0.1, 0.15) is 5.54 Å². The van der Waals surface area contributed by atoms with Gasteiger partial charge in [0.25, 0.3) is 5.91 Å². The highest BCUT2D eigenvalue weighted by atomic mass is 35.5. The maximum absolute atomic E-state index is 11.6. The molecule has 1 atom stereocenters. The summed E-state index contributed by atoms with van der Waals surface area (Å²) >= 11 is 0. The second kappa shape index (κ2) is 4.37. The van der Waals surface area contributed by atoms with Gasteiger partial charge in [-0.05, 0) is 38.8 Å². The summed E-state index contributed by atoms with van der Waals surface area (Å²) in [6, 6.07) is -0.365. The fourth-order valence-corrected chi connectivity index (χ4v) is 2.24. The van der Waals surface area contributed by atoms with E-state index in [1.165, 1.54) is 0 Å². The minimum atomic E-state index is -0.695. The monoisotopic (exact) mass is 233 g/mol. The summed E-state index contributed by atoms with van der Waals surface area (Å²) in [5.41, 5.74) is -0.695. The van der Waals surface area contributed by atoms with Gasteiger partial charge >= 0.3 is 6.03 Å². The van der Waals surface area contributed by atoms with E-state index in [0.29, 0.717) is 0 Å². The lowest BCUT2D eigenvalue weighted by atomic mass is 9.79. The van der Waals surface area contributed by atoms with Crippen LogP contribution in [0.15, 0.2) is 0 Å². The van der Waals surface area contributed by atoms with Gasteiger partial charge in [0.15, 0.2) is 0 Å². The van der Waals surface area contributed by atoms with E-state index < -0.39 is 5.54 Å². The summed E-state index contributed by atoms with van der Waals surface area (Å²) < 4.78 is 0. The molecule has 86 valence electrons. The average Bonchev–Trinajstić information content (AvgIpc) is 2.43. The van der Waals surface area contributed by atoms with E-state index in [0.717, 1.165) is 25.9 Å². The summed E-state index contributed by atoms with van der Waals surface area (Å²) in [6.45, 7) is 3.65. The maximum atomic E-state index is 11.6. The molecule has 15 heavy (non-hydrogen) atoms. The van der Waals surface area contributed by atoms with Crippen molar-refractivity contribution in [2.75, 3.05) is 13.1 Å². The molecule has 1 unspecified atom stereocenters. The summed E-state index contributed by atoms with van der Waals surface area (Å²) in [5, 5.41) is 8.25. The first-order valence-corrected chi connectivity index (χ1v) is 4.97. The Labute approximate surface area is 94.8 Å². The summed E-state index contributed by atoms with van der Waals surface area (Å²) in [7, 11) is 0. The van der Waals surface area contributed by atoms with E-state index in [9.17, 15) is 9.59 Å². The normalized spacial score (nSPS) is 31.8. The van der Waals surface area contributed by atoms with Crippen LogP contribution in [0.1, 0.15) is 19.8 Å². The maximum Gasteiger partial charge on any atom is 0.322 e. The predicted octanol–water partition coefficient (Wildman–Crippen LogP) is 0.00590. The number of halogens is 1. The average molecular weight is 234 g/mol. The molecular weight excluding hydrogens is 218 g/mol. The van der Waals surface area contributed by atoms with Gasteiger partial charge in [0.2, 0.25) is 0 Å². The van der Waals surface area contributed by atoms with E-state index in [4.69, 9.17) is 0 Å². The second-order valence-corrected chi connectivity index (χ2v) is 4.13. The standard InChI is InChI=1S/C9H15N3O2.ClH/c1-9(6-2-4-10-5-3-6)7(13)11-8(14)12-9;/h6,10H,2-5H2,1H3,(H2,11,12,13,14);1H. The Bertz CT molecular complexity index is 279. The van der Waals surface area contributed by atoms with Crippen molar-refractivity contribution in [1.82, 2.24) is 16.0 Å². The molecule has 0 aromatic heterocycles. The molecule has 6 heteroatoms. The Morgan fingerprint density at radius 2 is 1.87 bits per heavy atom. The first kappa shape index (κ1) is 12.3. The van der Waals surface area contributed by atoms with E-state index in [1.54, 1.807) is 0 Å². The lowest BCUT2D eigenvalue weighted by Gasteiger charge is -2.34. The summed E-state index contributed by atoms with van der Waals surface area (Å²) in [5.74, 6) is 0.0598. The molecule has 2 aliphatic heterocycles. The highest BCUT2D eigenvalue weighted by molar-refractivity contribution is 6.06. The molecule has 2 heterocycles. The van der Waals surface area contributed by atoms with Crippen molar-refractivity contribution in [3.05, 3.63) is 0 Å². The van der Waals surface area contributed by atoms with Crippen molar-refractivity contribution in [3.63, 3.8) is 0 Å². The number of carbonyl (C=O) groups excluding carboxylic acids is 2. The van der Waals surface area contributed by atoms with Gasteiger partial charge < -0.3 is 10.6 Å². The molecule has 0 aliphatic carbocycles. The summed E-state index contributed by atoms with van der Waals surface area (Å²) in [4.78, 5) is 22.6.